The van der Waals surface area contributed by atoms with Crippen LogP contribution in [0.15, 0.2) is 0 Å². The predicted molar refractivity (Wildman–Crippen MR) is 60.2 cm³/mol. The summed E-state index contributed by atoms with van der Waals surface area (Å²) in [5.74, 6) is 0. The molecule has 0 unspecified atom stereocenters. The molecule has 0 saturated carbocycles. The molecular formula is C10H21O5P. The molecule has 0 aliphatic rings. The van der Waals surface area contributed by atoms with Gasteiger partial charge in [-0.05, 0) is 41.5 Å². The molecule has 0 heterocycles. The fourth-order valence-corrected chi connectivity index (χ4v) is 3.04. The molecule has 0 aromatic carbocycles. The van der Waals surface area contributed by atoms with Crippen molar-refractivity contribution in [3.05, 3.63) is 0 Å². The highest BCUT2D eigenvalue weighted by Gasteiger charge is 2.30. The van der Waals surface area contributed by atoms with Gasteiger partial charge in [-0.25, -0.2) is 0 Å². The number of rotatable bonds is 2. The van der Waals surface area contributed by atoms with Crippen LogP contribution < -0.4 is 0 Å². The molecule has 0 saturated heterocycles. The first-order chi connectivity index (χ1) is 6.83. The summed E-state index contributed by atoms with van der Waals surface area (Å²) in [6.45, 7) is 12.6. The van der Waals surface area contributed by atoms with Crippen LogP contribution in [-0.2, 0) is 23.2 Å². The summed E-state index contributed by atoms with van der Waals surface area (Å²) in [5, 5.41) is 0. The lowest BCUT2D eigenvalue weighted by Gasteiger charge is -2.29. The molecule has 0 N–H and O–H groups in total. The van der Waals surface area contributed by atoms with Crippen molar-refractivity contribution in [1.29, 1.82) is 0 Å². The molecule has 16 heavy (non-hydrogen) atoms. The van der Waals surface area contributed by atoms with Gasteiger partial charge in [0.25, 0.3) is 0 Å². The number of carbonyl (C=O) groups excluding carboxylic acids is 2. The van der Waals surface area contributed by atoms with Crippen molar-refractivity contribution in [2.75, 3.05) is 6.66 Å². The van der Waals surface area contributed by atoms with Gasteiger partial charge >= 0.3 is 13.7 Å². The monoisotopic (exact) mass is 252 g/mol. The minimum Gasteiger partial charge on any atom is -0.303 e. The van der Waals surface area contributed by atoms with Gasteiger partial charge in [0.05, 0.1) is 11.2 Å². The SMILES string of the molecule is CC(C)(C)OP(C)(=O)OC(C)(C)C.O=C=O. The van der Waals surface area contributed by atoms with E-state index in [1.807, 2.05) is 41.5 Å². The summed E-state index contributed by atoms with van der Waals surface area (Å²) in [6.07, 6.45) is 0.250. The number of hydrogen-bond donors (Lipinski definition) is 0. The Bertz CT molecular complexity index is 259. The van der Waals surface area contributed by atoms with E-state index in [1.54, 1.807) is 0 Å². The first kappa shape index (κ1) is 17.9. The summed E-state index contributed by atoms with van der Waals surface area (Å²) >= 11 is 0. The first-order valence-electron chi connectivity index (χ1n) is 4.81. The van der Waals surface area contributed by atoms with E-state index in [-0.39, 0.29) is 6.15 Å². The minimum absolute atomic E-state index is 0.250. The van der Waals surface area contributed by atoms with E-state index in [0.29, 0.717) is 0 Å². The third-order valence-electron chi connectivity index (χ3n) is 0.879. The molecule has 6 heteroatoms. The van der Waals surface area contributed by atoms with Crippen molar-refractivity contribution in [2.24, 2.45) is 0 Å². The summed E-state index contributed by atoms with van der Waals surface area (Å²) in [4.78, 5) is 16.2. The maximum Gasteiger partial charge on any atom is 0.373 e. The highest BCUT2D eigenvalue weighted by Crippen LogP contribution is 2.50. The molecule has 0 fully saturated rings. The molecule has 0 radical (unpaired) electrons. The van der Waals surface area contributed by atoms with Gasteiger partial charge in [-0.3, -0.25) is 4.57 Å². The third kappa shape index (κ3) is 16.0. The van der Waals surface area contributed by atoms with E-state index >= 15 is 0 Å². The van der Waals surface area contributed by atoms with Gasteiger partial charge in [-0.15, -0.1) is 0 Å². The maximum absolute atomic E-state index is 11.8. The Morgan fingerprint density at radius 3 is 1.19 bits per heavy atom. The van der Waals surface area contributed by atoms with Crippen LogP contribution in [0.4, 0.5) is 0 Å². The summed E-state index contributed by atoms with van der Waals surface area (Å²) in [6, 6.07) is 0. The topological polar surface area (TPSA) is 69.7 Å². The zero-order valence-corrected chi connectivity index (χ0v) is 11.9. The van der Waals surface area contributed by atoms with Gasteiger partial charge in [0.1, 0.15) is 0 Å². The predicted octanol–water partition coefficient (Wildman–Crippen LogP) is 2.86. The van der Waals surface area contributed by atoms with E-state index in [9.17, 15) is 4.57 Å². The van der Waals surface area contributed by atoms with Crippen LogP contribution in [0.1, 0.15) is 41.5 Å². The van der Waals surface area contributed by atoms with Gasteiger partial charge in [-0.2, -0.15) is 9.59 Å². The van der Waals surface area contributed by atoms with Crippen LogP contribution in [0.5, 0.6) is 0 Å². The fraction of sp³-hybridized carbons (Fsp3) is 0.900. The van der Waals surface area contributed by atoms with E-state index in [0.717, 1.165) is 0 Å². The van der Waals surface area contributed by atoms with E-state index in [2.05, 4.69) is 0 Å². The largest absolute Gasteiger partial charge is 0.373 e. The lowest BCUT2D eigenvalue weighted by molar-refractivity contribution is -0.191. The van der Waals surface area contributed by atoms with E-state index < -0.39 is 18.8 Å². The molecule has 0 aliphatic heterocycles. The van der Waals surface area contributed by atoms with E-state index in [4.69, 9.17) is 18.6 Å². The van der Waals surface area contributed by atoms with E-state index in [1.165, 1.54) is 6.66 Å². The summed E-state index contributed by atoms with van der Waals surface area (Å²) in [7, 11) is -2.94. The minimum atomic E-state index is -2.94. The fourth-order valence-electron chi connectivity index (χ4n) is 1.01. The van der Waals surface area contributed by atoms with Crippen molar-refractivity contribution in [3.8, 4) is 0 Å². The summed E-state index contributed by atoms with van der Waals surface area (Å²) < 4.78 is 22.5. The van der Waals surface area contributed by atoms with Crippen LogP contribution in [0.2, 0.25) is 0 Å². The van der Waals surface area contributed by atoms with Gasteiger partial charge in [0, 0.05) is 6.66 Å². The molecule has 0 aliphatic carbocycles. The highest BCUT2D eigenvalue weighted by atomic mass is 31.2. The maximum atomic E-state index is 11.8. The lowest BCUT2D eigenvalue weighted by atomic mass is 10.2. The Balaban J connectivity index is 0. The molecule has 0 bridgehead atoms. The third-order valence-corrected chi connectivity index (χ3v) is 2.64. The highest BCUT2D eigenvalue weighted by molar-refractivity contribution is 7.53. The molecule has 0 rings (SSSR count). The number of hydrogen-bond acceptors (Lipinski definition) is 5. The first-order valence-corrected chi connectivity index (χ1v) is 6.80. The van der Waals surface area contributed by atoms with Crippen LogP contribution in [0.25, 0.3) is 0 Å². The van der Waals surface area contributed by atoms with Crippen LogP contribution >= 0.6 is 7.60 Å². The van der Waals surface area contributed by atoms with Crippen LogP contribution in [-0.4, -0.2) is 24.0 Å². The normalized spacial score (nSPS) is 12.4. The smallest absolute Gasteiger partial charge is 0.303 e. The van der Waals surface area contributed by atoms with Crippen LogP contribution in [0, 0.1) is 0 Å². The Morgan fingerprint density at radius 1 is 0.875 bits per heavy atom. The van der Waals surface area contributed by atoms with Crippen molar-refractivity contribution >= 4 is 13.7 Å². The zero-order chi connectivity index (χ0) is 13.6. The average molecular weight is 252 g/mol. The van der Waals surface area contributed by atoms with Crippen molar-refractivity contribution < 1.29 is 23.2 Å². The summed E-state index contributed by atoms with van der Waals surface area (Å²) in [5.41, 5.74) is -0.870. The second-order valence-electron chi connectivity index (χ2n) is 5.26. The second-order valence-corrected chi connectivity index (χ2v) is 7.17. The molecule has 0 amide bonds. The average Bonchev–Trinajstić information content (AvgIpc) is 1.73. The Kier molecular flexibility index (Phi) is 7.06. The zero-order valence-electron chi connectivity index (χ0n) is 11.0. The Labute approximate surface area is 97.0 Å². The molecule has 0 spiro atoms. The second kappa shape index (κ2) is 6.31. The van der Waals surface area contributed by atoms with Gasteiger partial charge in [0.15, 0.2) is 0 Å². The molecule has 0 aromatic rings. The Hall–Kier alpha value is -0.470. The standard InChI is InChI=1S/C9H21O3P.CO2/c1-8(2,3)11-13(7,10)12-9(4,5)6;2-1-3/h1-7H3;. The molecule has 0 atom stereocenters. The lowest BCUT2D eigenvalue weighted by Crippen LogP contribution is -2.23. The molecule has 96 valence electrons. The van der Waals surface area contributed by atoms with Crippen molar-refractivity contribution in [3.63, 3.8) is 0 Å². The van der Waals surface area contributed by atoms with Gasteiger partial charge in [0.2, 0.25) is 0 Å². The van der Waals surface area contributed by atoms with Gasteiger partial charge < -0.3 is 9.05 Å². The van der Waals surface area contributed by atoms with Crippen LogP contribution in [0.3, 0.4) is 0 Å². The molecular weight excluding hydrogens is 231 g/mol. The van der Waals surface area contributed by atoms with Crippen molar-refractivity contribution in [2.45, 2.75) is 52.7 Å². The van der Waals surface area contributed by atoms with Crippen molar-refractivity contribution in [1.82, 2.24) is 0 Å². The molecule has 0 aromatic heterocycles. The molecule has 5 nitrogen and oxygen atoms in total. The Morgan fingerprint density at radius 2 is 1.06 bits per heavy atom. The quantitative estimate of drug-likeness (QED) is 0.707. The van der Waals surface area contributed by atoms with Gasteiger partial charge in [-0.1, -0.05) is 0 Å².